The fourth-order valence-corrected chi connectivity index (χ4v) is 6.34. The number of pyridine rings is 1. The van der Waals surface area contributed by atoms with Crippen LogP contribution in [-0.4, -0.2) is 69.6 Å². The minimum Gasteiger partial charge on any atom is -0.395 e. The van der Waals surface area contributed by atoms with E-state index in [1.165, 1.54) is 33.3 Å². The number of aryl methyl sites for hydroxylation is 2. The topological polar surface area (TPSA) is 72.5 Å². The van der Waals surface area contributed by atoms with Crippen LogP contribution in [0, 0.1) is 13.8 Å². The number of hydrogen-bond donors (Lipinski definition) is 2. The number of hydrogen-bond acceptors (Lipinski definition) is 4. The maximum atomic E-state index is 12.9. The zero-order chi connectivity index (χ0) is 25.4. The van der Waals surface area contributed by atoms with E-state index in [1.807, 2.05) is 4.90 Å². The zero-order valence-corrected chi connectivity index (χ0v) is 22.2. The first-order chi connectivity index (χ1) is 17.3. The van der Waals surface area contributed by atoms with Crippen LogP contribution in [0.15, 0.2) is 30.3 Å². The van der Waals surface area contributed by atoms with Gasteiger partial charge in [-0.25, -0.2) is 0 Å². The number of aliphatic hydroxyl groups excluding tert-OH is 1. The van der Waals surface area contributed by atoms with Gasteiger partial charge >= 0.3 is 0 Å². The van der Waals surface area contributed by atoms with Crippen molar-refractivity contribution < 1.29 is 9.90 Å². The monoisotopic (exact) mass is 488 g/mol. The third-order valence-electron chi connectivity index (χ3n) is 8.18. The third kappa shape index (κ3) is 4.94. The highest BCUT2D eigenvalue weighted by atomic mass is 16.3. The lowest BCUT2D eigenvalue weighted by molar-refractivity contribution is -0.133. The summed E-state index contributed by atoms with van der Waals surface area (Å²) in [6.07, 6.45) is 4.06. The summed E-state index contributed by atoms with van der Waals surface area (Å²) in [7, 11) is 0. The number of aromatic nitrogens is 2. The van der Waals surface area contributed by atoms with Crippen molar-refractivity contribution in [2.75, 3.05) is 32.8 Å². The highest BCUT2D eigenvalue weighted by Gasteiger charge is 2.30. The van der Waals surface area contributed by atoms with Gasteiger partial charge in [-0.1, -0.05) is 19.9 Å². The average Bonchev–Trinajstić information content (AvgIpc) is 3.47. The largest absolute Gasteiger partial charge is 0.395 e. The molecule has 2 aliphatic rings. The van der Waals surface area contributed by atoms with Gasteiger partial charge in [-0.05, 0) is 93.3 Å². The van der Waals surface area contributed by atoms with Gasteiger partial charge < -0.3 is 15.0 Å². The van der Waals surface area contributed by atoms with Gasteiger partial charge in [0.1, 0.15) is 0 Å². The number of benzene rings is 1. The van der Waals surface area contributed by atoms with Crippen LogP contribution in [-0.2, 0) is 4.79 Å². The van der Waals surface area contributed by atoms with E-state index in [0.29, 0.717) is 18.4 Å². The Hall–Kier alpha value is -2.70. The van der Waals surface area contributed by atoms with Crippen molar-refractivity contribution in [3.05, 3.63) is 52.8 Å². The van der Waals surface area contributed by atoms with Crippen molar-refractivity contribution >= 4 is 16.8 Å². The minimum atomic E-state index is 0.150. The van der Waals surface area contributed by atoms with E-state index in [2.05, 4.69) is 72.9 Å². The predicted octanol–water partition coefficient (Wildman–Crippen LogP) is 5.13. The molecule has 0 spiro atoms. The number of carbonyl (C=O) groups excluding carboxylic acids is 1. The van der Waals surface area contributed by atoms with E-state index < -0.39 is 0 Å². The molecule has 0 bridgehead atoms. The summed E-state index contributed by atoms with van der Waals surface area (Å²) in [5.74, 6) is 1.08. The van der Waals surface area contributed by atoms with E-state index >= 15 is 0 Å². The summed E-state index contributed by atoms with van der Waals surface area (Å²) in [5.41, 5.74) is 8.41. The number of nitrogens with one attached hydrogen (secondary N) is 1. The number of rotatable bonds is 6. The molecule has 36 heavy (non-hydrogen) atoms. The number of fused-ring (bicyclic) bond motifs is 1. The first kappa shape index (κ1) is 25.0. The van der Waals surface area contributed by atoms with Gasteiger partial charge in [-0.2, -0.15) is 0 Å². The van der Waals surface area contributed by atoms with Crippen LogP contribution in [0.2, 0.25) is 0 Å². The zero-order valence-electron chi connectivity index (χ0n) is 22.2. The SMILES string of the molecule is Cc1cc(-c2[nH]c3ccc(C4CCN(C(=O)CN5CCC[C@H]5CO)CC4)cc3c2C(C)C)cc(C)n1. The summed E-state index contributed by atoms with van der Waals surface area (Å²) in [5, 5.41) is 10.9. The second-order valence-electron chi connectivity index (χ2n) is 11.1. The molecule has 1 amide bonds. The Kier molecular flexibility index (Phi) is 7.18. The number of H-pyrrole nitrogens is 1. The normalized spacial score (nSPS) is 19.6. The number of likely N-dealkylation sites (tertiary alicyclic amines) is 2. The van der Waals surface area contributed by atoms with Crippen molar-refractivity contribution in [3.8, 4) is 11.3 Å². The molecule has 0 unspecified atom stereocenters. The molecule has 1 aromatic carbocycles. The Morgan fingerprint density at radius 3 is 2.47 bits per heavy atom. The maximum absolute atomic E-state index is 12.9. The summed E-state index contributed by atoms with van der Waals surface area (Å²) in [6.45, 7) is 11.8. The van der Waals surface area contributed by atoms with E-state index in [9.17, 15) is 9.90 Å². The quantitative estimate of drug-likeness (QED) is 0.504. The average molecular weight is 489 g/mol. The van der Waals surface area contributed by atoms with Gasteiger partial charge in [0.05, 0.1) is 18.8 Å². The van der Waals surface area contributed by atoms with Gasteiger partial charge in [-0.15, -0.1) is 0 Å². The van der Waals surface area contributed by atoms with Crippen LogP contribution in [0.1, 0.15) is 73.9 Å². The molecule has 0 aliphatic carbocycles. The fourth-order valence-electron chi connectivity index (χ4n) is 6.34. The van der Waals surface area contributed by atoms with Gasteiger partial charge in [0.25, 0.3) is 0 Å². The summed E-state index contributed by atoms with van der Waals surface area (Å²) in [4.78, 5) is 25.4. The standard InChI is InChI=1S/C30H40N4O2/c1-19(2)29-26-16-23(7-8-27(26)32-30(29)24-14-20(3)31-21(4)15-24)22-9-12-33(13-10-22)28(36)17-34-11-5-6-25(34)18-35/h7-8,14-16,19,22,25,32,35H,5-6,9-13,17-18H2,1-4H3/t25-/m0/s1. The number of piperidine rings is 1. The van der Waals surface area contributed by atoms with Gasteiger partial charge in [0.2, 0.25) is 5.91 Å². The van der Waals surface area contributed by atoms with Crippen molar-refractivity contribution in [3.63, 3.8) is 0 Å². The Labute approximate surface area is 214 Å². The molecular weight excluding hydrogens is 448 g/mol. The van der Waals surface area contributed by atoms with Crippen LogP contribution in [0.4, 0.5) is 0 Å². The molecule has 2 N–H and O–H groups in total. The molecule has 2 aliphatic heterocycles. The number of nitrogens with zero attached hydrogens (tertiary/aromatic N) is 3. The predicted molar refractivity (Wildman–Crippen MR) is 145 cm³/mol. The Morgan fingerprint density at radius 1 is 1.08 bits per heavy atom. The molecule has 2 aromatic heterocycles. The fraction of sp³-hybridized carbons (Fsp3) is 0.533. The van der Waals surface area contributed by atoms with Crippen molar-refractivity contribution in [2.45, 2.75) is 71.3 Å². The lowest BCUT2D eigenvalue weighted by Crippen LogP contribution is -2.45. The van der Waals surface area contributed by atoms with Crippen LogP contribution in [0.5, 0.6) is 0 Å². The number of aliphatic hydroxyl groups is 1. The maximum Gasteiger partial charge on any atom is 0.236 e. The van der Waals surface area contributed by atoms with Crippen LogP contribution >= 0.6 is 0 Å². The minimum absolute atomic E-state index is 0.150. The second kappa shape index (κ2) is 10.3. The molecule has 4 heterocycles. The van der Waals surface area contributed by atoms with Crippen LogP contribution in [0.25, 0.3) is 22.2 Å². The molecule has 0 saturated carbocycles. The van der Waals surface area contributed by atoms with Crippen molar-refractivity contribution in [1.82, 2.24) is 19.8 Å². The van der Waals surface area contributed by atoms with Gasteiger partial charge in [0, 0.05) is 47.0 Å². The number of amides is 1. The van der Waals surface area contributed by atoms with Crippen molar-refractivity contribution in [2.24, 2.45) is 0 Å². The number of carbonyl (C=O) groups is 1. The summed E-state index contributed by atoms with van der Waals surface area (Å²) < 4.78 is 0. The first-order valence-corrected chi connectivity index (χ1v) is 13.6. The molecule has 6 nitrogen and oxygen atoms in total. The lowest BCUT2D eigenvalue weighted by atomic mass is 9.87. The molecule has 2 fully saturated rings. The van der Waals surface area contributed by atoms with Crippen LogP contribution in [0.3, 0.4) is 0 Å². The summed E-state index contributed by atoms with van der Waals surface area (Å²) in [6, 6.07) is 11.4. The molecule has 1 atom stereocenters. The van der Waals surface area contributed by atoms with E-state index in [-0.39, 0.29) is 18.6 Å². The first-order valence-electron chi connectivity index (χ1n) is 13.6. The Morgan fingerprint density at radius 2 is 1.81 bits per heavy atom. The van der Waals surface area contributed by atoms with Gasteiger partial charge in [-0.3, -0.25) is 14.7 Å². The molecule has 192 valence electrons. The third-order valence-corrected chi connectivity index (χ3v) is 8.18. The molecule has 3 aromatic rings. The smallest absolute Gasteiger partial charge is 0.236 e. The van der Waals surface area contributed by atoms with E-state index in [1.54, 1.807) is 0 Å². The molecule has 6 heteroatoms. The molecule has 0 radical (unpaired) electrons. The molecule has 2 saturated heterocycles. The van der Waals surface area contributed by atoms with E-state index in [4.69, 9.17) is 0 Å². The number of aromatic amines is 1. The van der Waals surface area contributed by atoms with Gasteiger partial charge in [0.15, 0.2) is 0 Å². The van der Waals surface area contributed by atoms with Crippen molar-refractivity contribution in [1.29, 1.82) is 0 Å². The lowest BCUT2D eigenvalue weighted by Gasteiger charge is -2.34. The Bertz CT molecular complexity index is 1220. The van der Waals surface area contributed by atoms with Crippen LogP contribution < -0.4 is 0 Å². The molecular formula is C30H40N4O2. The second-order valence-corrected chi connectivity index (χ2v) is 11.1. The highest BCUT2D eigenvalue weighted by Crippen LogP contribution is 2.38. The van der Waals surface area contributed by atoms with E-state index in [0.717, 1.165) is 56.7 Å². The highest BCUT2D eigenvalue weighted by molar-refractivity contribution is 5.92. The molecule has 5 rings (SSSR count). The summed E-state index contributed by atoms with van der Waals surface area (Å²) >= 11 is 0. The Balaban J connectivity index is 1.33.